The topological polar surface area (TPSA) is 95.6 Å². The largest absolute Gasteiger partial charge is 0.387 e. The Labute approximate surface area is 187 Å². The zero-order valence-corrected chi connectivity index (χ0v) is 18.7. The van der Waals surface area contributed by atoms with E-state index in [1.165, 1.54) is 49.6 Å². The predicted octanol–water partition coefficient (Wildman–Crippen LogP) is 4.85. The van der Waals surface area contributed by atoms with Gasteiger partial charge >= 0.3 is 0 Å². The Bertz CT molecular complexity index is 1010. The third-order valence-corrected chi connectivity index (χ3v) is 7.90. The Balaban J connectivity index is 1.27. The van der Waals surface area contributed by atoms with Crippen LogP contribution in [-0.4, -0.2) is 39.6 Å². The van der Waals surface area contributed by atoms with Crippen molar-refractivity contribution in [2.75, 3.05) is 11.1 Å². The Kier molecular flexibility index (Phi) is 6.03. The number of fused-ring (bicyclic) bond motifs is 1. The number of benzene rings is 1. The van der Waals surface area contributed by atoms with Crippen molar-refractivity contribution in [2.24, 2.45) is 21.6 Å². The number of aromatic amines is 1. The van der Waals surface area contributed by atoms with Crippen molar-refractivity contribution in [3.05, 3.63) is 30.0 Å². The Hall–Kier alpha value is -2.28. The number of nitrogens with zero attached hydrogens (tertiary/aromatic N) is 2. The number of aliphatic imine (C=N–C) groups is 2. The summed E-state index contributed by atoms with van der Waals surface area (Å²) in [5, 5.41) is 5.88. The molecule has 3 aliphatic rings. The fourth-order valence-corrected chi connectivity index (χ4v) is 6.08. The Morgan fingerprint density at radius 3 is 2.77 bits per heavy atom. The second kappa shape index (κ2) is 9.07. The van der Waals surface area contributed by atoms with Crippen LogP contribution in [0.1, 0.15) is 63.5 Å². The van der Waals surface area contributed by atoms with E-state index in [0.717, 1.165) is 34.8 Å². The van der Waals surface area contributed by atoms with Gasteiger partial charge in [-0.2, -0.15) is 0 Å². The van der Waals surface area contributed by atoms with Crippen LogP contribution >= 0.6 is 11.8 Å². The van der Waals surface area contributed by atoms with Gasteiger partial charge in [-0.15, -0.1) is 11.8 Å². The van der Waals surface area contributed by atoms with Crippen LogP contribution in [0.4, 0.5) is 5.69 Å². The number of para-hydroxylation sites is 1. The quantitative estimate of drug-likeness (QED) is 0.445. The number of nitrogens with two attached hydrogens (primary N) is 1. The van der Waals surface area contributed by atoms with Gasteiger partial charge in [0.15, 0.2) is 0 Å². The van der Waals surface area contributed by atoms with Crippen LogP contribution in [0, 0.1) is 5.92 Å². The van der Waals surface area contributed by atoms with Gasteiger partial charge in [0, 0.05) is 23.1 Å². The smallest absolute Gasteiger partial charge is 0.249 e. The minimum absolute atomic E-state index is 0.0323. The number of anilines is 1. The molecule has 5 rings (SSSR count). The molecule has 31 heavy (non-hydrogen) atoms. The summed E-state index contributed by atoms with van der Waals surface area (Å²) in [6, 6.07) is 9.10. The van der Waals surface area contributed by atoms with Gasteiger partial charge in [-0.3, -0.25) is 9.79 Å². The van der Waals surface area contributed by atoms with Gasteiger partial charge in [0.1, 0.15) is 10.9 Å². The fraction of sp³-hybridized carbons (Fsp3) is 0.542. The van der Waals surface area contributed by atoms with E-state index in [9.17, 15) is 4.79 Å². The molecule has 1 amide bonds. The lowest BCUT2D eigenvalue weighted by Crippen LogP contribution is -2.23. The first kappa shape index (κ1) is 20.6. The molecule has 2 heterocycles. The molecule has 2 aliphatic carbocycles. The zero-order valence-electron chi connectivity index (χ0n) is 17.9. The molecule has 7 heteroatoms. The maximum Gasteiger partial charge on any atom is 0.249 e. The van der Waals surface area contributed by atoms with Crippen LogP contribution < -0.4 is 11.1 Å². The normalized spacial score (nSPS) is 23.0. The van der Waals surface area contributed by atoms with Gasteiger partial charge in [-0.05, 0) is 37.8 Å². The monoisotopic (exact) mass is 437 g/mol. The summed E-state index contributed by atoms with van der Waals surface area (Å²) in [7, 11) is 0. The Morgan fingerprint density at radius 1 is 1.19 bits per heavy atom. The highest BCUT2D eigenvalue weighted by atomic mass is 32.2. The Morgan fingerprint density at radius 2 is 1.97 bits per heavy atom. The molecular formula is C24H31N5OS. The molecule has 1 unspecified atom stereocenters. The van der Waals surface area contributed by atoms with Crippen molar-refractivity contribution < 1.29 is 4.79 Å². The molecule has 1 aromatic carbocycles. The molecule has 6 nitrogen and oxygen atoms in total. The minimum atomic E-state index is -0.139. The summed E-state index contributed by atoms with van der Waals surface area (Å²) < 4.78 is 0. The lowest BCUT2D eigenvalue weighted by Gasteiger charge is -2.14. The number of amidine groups is 1. The van der Waals surface area contributed by atoms with E-state index < -0.39 is 0 Å². The third kappa shape index (κ3) is 4.66. The maximum atomic E-state index is 12.4. The van der Waals surface area contributed by atoms with Crippen molar-refractivity contribution >= 4 is 45.1 Å². The second-order valence-corrected chi connectivity index (χ2v) is 10.1. The van der Waals surface area contributed by atoms with Gasteiger partial charge in [0.25, 0.3) is 0 Å². The highest BCUT2D eigenvalue weighted by molar-refractivity contribution is 8.14. The molecule has 0 saturated heterocycles. The standard InChI is InChI=1S/C24H31N5OS/c25-23(15-6-1-2-7-15)29-21(30)13-18-14-31-24(27-18)20-12-16-8-5-11-19(22(16)28-20)26-17-9-3-4-10-17/h5,8,11-12,15,17-18,26,28H,1-4,6-7,9-10,13-14H2,(H2,25,29,30). The second-order valence-electron chi connectivity index (χ2n) is 9.09. The van der Waals surface area contributed by atoms with Gasteiger partial charge in [-0.25, -0.2) is 4.99 Å². The first-order valence-electron chi connectivity index (χ1n) is 11.6. The number of aromatic nitrogens is 1. The van der Waals surface area contributed by atoms with Gasteiger partial charge in [0.2, 0.25) is 5.91 Å². The van der Waals surface area contributed by atoms with Crippen LogP contribution in [-0.2, 0) is 4.79 Å². The molecule has 2 fully saturated rings. The first-order chi connectivity index (χ1) is 15.2. The summed E-state index contributed by atoms with van der Waals surface area (Å²) in [5.41, 5.74) is 9.41. The molecular weight excluding hydrogens is 406 g/mol. The number of rotatable bonds is 6. The molecule has 164 valence electrons. The molecule has 2 saturated carbocycles. The molecule has 0 radical (unpaired) electrons. The van der Waals surface area contributed by atoms with Crippen molar-refractivity contribution in [2.45, 2.75) is 69.9 Å². The molecule has 2 aromatic rings. The minimum Gasteiger partial charge on any atom is -0.387 e. The summed E-state index contributed by atoms with van der Waals surface area (Å²) in [6.45, 7) is 0. The summed E-state index contributed by atoms with van der Waals surface area (Å²) in [5.74, 6) is 1.48. The van der Waals surface area contributed by atoms with Crippen LogP contribution in [0.25, 0.3) is 10.9 Å². The van der Waals surface area contributed by atoms with Crippen molar-refractivity contribution in [3.63, 3.8) is 0 Å². The first-order valence-corrected chi connectivity index (χ1v) is 12.6. The molecule has 0 bridgehead atoms. The number of hydrogen-bond acceptors (Lipinski definition) is 4. The van der Waals surface area contributed by atoms with Crippen LogP contribution in [0.15, 0.2) is 34.3 Å². The van der Waals surface area contributed by atoms with Gasteiger partial charge in [-0.1, -0.05) is 37.8 Å². The van der Waals surface area contributed by atoms with Crippen LogP contribution in [0.5, 0.6) is 0 Å². The number of amides is 1. The summed E-state index contributed by atoms with van der Waals surface area (Å²) >= 11 is 1.71. The fourth-order valence-electron chi connectivity index (χ4n) is 5.05. The van der Waals surface area contributed by atoms with Crippen LogP contribution in [0.2, 0.25) is 0 Å². The molecule has 1 atom stereocenters. The van der Waals surface area contributed by atoms with Gasteiger partial charge in [0.05, 0.1) is 29.4 Å². The summed E-state index contributed by atoms with van der Waals surface area (Å²) in [6.07, 6.45) is 9.94. The number of carbonyl (C=O) groups is 1. The van der Waals surface area contributed by atoms with Crippen molar-refractivity contribution in [1.29, 1.82) is 0 Å². The van der Waals surface area contributed by atoms with Crippen molar-refractivity contribution in [3.8, 4) is 0 Å². The van der Waals surface area contributed by atoms with E-state index in [-0.39, 0.29) is 11.9 Å². The van der Waals surface area contributed by atoms with Gasteiger partial charge < -0.3 is 16.0 Å². The number of thioether (sulfide) groups is 1. The van der Waals surface area contributed by atoms with E-state index in [1.54, 1.807) is 11.8 Å². The van der Waals surface area contributed by atoms with E-state index in [1.807, 2.05) is 0 Å². The zero-order chi connectivity index (χ0) is 21.2. The SMILES string of the molecule is NC(=NC(=O)CC1CSC(c2cc3cccc(NC4CCCC4)c3[nH]2)=N1)C1CCCC1. The highest BCUT2D eigenvalue weighted by Crippen LogP contribution is 2.31. The average Bonchev–Trinajstić information content (AvgIpc) is 3.53. The van der Waals surface area contributed by atoms with Crippen molar-refractivity contribution in [1.82, 2.24) is 4.98 Å². The highest BCUT2D eigenvalue weighted by Gasteiger charge is 2.25. The van der Waals surface area contributed by atoms with E-state index in [0.29, 0.717) is 24.2 Å². The number of nitrogens with one attached hydrogen (secondary N) is 2. The third-order valence-electron chi connectivity index (χ3n) is 6.75. The molecule has 4 N–H and O–H groups in total. The lowest BCUT2D eigenvalue weighted by molar-refractivity contribution is -0.118. The number of carbonyl (C=O) groups excluding carboxylic acids is 1. The molecule has 1 aromatic heterocycles. The lowest BCUT2D eigenvalue weighted by atomic mass is 10.1. The summed E-state index contributed by atoms with van der Waals surface area (Å²) in [4.78, 5) is 25.0. The molecule has 1 aliphatic heterocycles. The average molecular weight is 438 g/mol. The van der Waals surface area contributed by atoms with E-state index in [4.69, 9.17) is 10.7 Å². The maximum absolute atomic E-state index is 12.4. The van der Waals surface area contributed by atoms with Crippen LogP contribution in [0.3, 0.4) is 0 Å². The number of hydrogen-bond donors (Lipinski definition) is 3. The predicted molar refractivity (Wildman–Crippen MR) is 130 cm³/mol. The molecule has 0 spiro atoms. The van der Waals surface area contributed by atoms with E-state index in [2.05, 4.69) is 39.6 Å². The number of H-pyrrole nitrogens is 1. The van der Waals surface area contributed by atoms with E-state index >= 15 is 0 Å².